The van der Waals surface area contributed by atoms with Gasteiger partial charge < -0.3 is 15.2 Å². The van der Waals surface area contributed by atoms with E-state index in [0.717, 1.165) is 6.20 Å². The van der Waals surface area contributed by atoms with Crippen LogP contribution < -0.4 is 15.2 Å². The maximum absolute atomic E-state index is 11.8. The minimum absolute atomic E-state index is 0.0738. The van der Waals surface area contributed by atoms with E-state index >= 15 is 0 Å². The maximum Gasteiger partial charge on any atom is 0.326 e. The van der Waals surface area contributed by atoms with E-state index in [-0.39, 0.29) is 23.5 Å². The molecule has 1 aromatic rings. The fourth-order valence-corrected chi connectivity index (χ4v) is 2.71. The molecule has 0 saturated carbocycles. The van der Waals surface area contributed by atoms with Gasteiger partial charge in [0.25, 0.3) is 10.0 Å². The van der Waals surface area contributed by atoms with Gasteiger partial charge >= 0.3 is 6.03 Å². The van der Waals surface area contributed by atoms with Gasteiger partial charge in [0, 0.05) is 6.61 Å². The topological polar surface area (TPSA) is 126 Å². The molecule has 0 bridgehead atoms. The zero-order valence-corrected chi connectivity index (χ0v) is 11.0. The van der Waals surface area contributed by atoms with E-state index in [1.807, 2.05) is 6.92 Å². The van der Waals surface area contributed by atoms with E-state index in [1.165, 1.54) is 4.68 Å². The van der Waals surface area contributed by atoms with Crippen LogP contribution in [-0.2, 0) is 21.3 Å². The molecule has 106 valence electrons. The van der Waals surface area contributed by atoms with Crippen LogP contribution in [0.2, 0.25) is 0 Å². The second-order valence-electron chi connectivity index (χ2n) is 3.85. The lowest BCUT2D eigenvalue weighted by atomic mass is 10.3. The molecule has 1 aliphatic heterocycles. The molecule has 0 radical (unpaired) electrons. The minimum atomic E-state index is -4.06. The Kier molecular flexibility index (Phi) is 3.62. The van der Waals surface area contributed by atoms with Crippen LogP contribution in [-0.4, -0.2) is 43.5 Å². The average Bonchev–Trinajstić information content (AvgIpc) is 2.71. The van der Waals surface area contributed by atoms with E-state index in [1.54, 1.807) is 4.72 Å². The second-order valence-corrected chi connectivity index (χ2v) is 5.51. The lowest BCUT2D eigenvalue weighted by Gasteiger charge is -2.24. The summed E-state index contributed by atoms with van der Waals surface area (Å²) in [4.78, 5) is 10.4. The second kappa shape index (κ2) is 5.05. The highest BCUT2D eigenvalue weighted by molar-refractivity contribution is 7.90. The summed E-state index contributed by atoms with van der Waals surface area (Å²) in [5, 5.41) is 3.90. The molecule has 1 aliphatic rings. The first-order valence-corrected chi connectivity index (χ1v) is 7.05. The predicted octanol–water partition coefficient (Wildman–Crippen LogP) is -0.962. The Morgan fingerprint density at radius 1 is 1.74 bits per heavy atom. The lowest BCUT2D eigenvalue weighted by molar-refractivity contribution is -0.00761. The van der Waals surface area contributed by atoms with Gasteiger partial charge in [-0.25, -0.2) is 22.6 Å². The number of amides is 2. The van der Waals surface area contributed by atoms with Crippen molar-refractivity contribution in [2.24, 2.45) is 5.73 Å². The summed E-state index contributed by atoms with van der Waals surface area (Å²) in [7, 11) is -4.06. The molecule has 0 fully saturated rings. The molecule has 2 amide bonds. The van der Waals surface area contributed by atoms with Crippen LogP contribution in [0.15, 0.2) is 11.1 Å². The van der Waals surface area contributed by atoms with Gasteiger partial charge in [-0.05, 0) is 6.92 Å². The third-order valence-electron chi connectivity index (χ3n) is 2.47. The fourth-order valence-electron chi connectivity index (χ4n) is 1.76. The summed E-state index contributed by atoms with van der Waals surface area (Å²) < 4.78 is 37.3. The molecule has 1 aromatic heterocycles. The number of nitrogens with two attached hydrogens (primary N) is 1. The normalized spacial score (nSPS) is 18.5. The molecule has 19 heavy (non-hydrogen) atoms. The number of primary amides is 1. The summed E-state index contributed by atoms with van der Waals surface area (Å²) in [6.45, 7) is 2.98. The predicted molar refractivity (Wildman–Crippen MR) is 63.0 cm³/mol. The van der Waals surface area contributed by atoms with Crippen molar-refractivity contribution in [3.05, 3.63) is 6.20 Å². The third kappa shape index (κ3) is 2.79. The first-order chi connectivity index (χ1) is 8.94. The summed E-state index contributed by atoms with van der Waals surface area (Å²) in [5.41, 5.74) is 4.81. The van der Waals surface area contributed by atoms with Crippen LogP contribution in [0.4, 0.5) is 4.79 Å². The summed E-state index contributed by atoms with van der Waals surface area (Å²) in [5.74, 6) is 0.0738. The first-order valence-electron chi connectivity index (χ1n) is 5.56. The van der Waals surface area contributed by atoms with Crippen molar-refractivity contribution in [1.82, 2.24) is 14.5 Å². The van der Waals surface area contributed by atoms with Gasteiger partial charge in [-0.2, -0.15) is 5.10 Å². The number of hydrogen-bond donors (Lipinski definition) is 2. The van der Waals surface area contributed by atoms with Crippen molar-refractivity contribution in [3.63, 3.8) is 0 Å². The van der Waals surface area contributed by atoms with E-state index in [0.29, 0.717) is 13.2 Å². The SMILES string of the molecule is CCO[C@@H]1COc2c(S(=O)(=O)NC(N)=O)cnn2C1. The monoisotopic (exact) mass is 290 g/mol. The number of carbonyl (C=O) groups is 1. The van der Waals surface area contributed by atoms with Crippen molar-refractivity contribution in [2.45, 2.75) is 24.5 Å². The Balaban J connectivity index is 2.26. The van der Waals surface area contributed by atoms with Crippen LogP contribution >= 0.6 is 0 Å². The van der Waals surface area contributed by atoms with Crippen LogP contribution in [0.1, 0.15) is 6.92 Å². The zero-order chi connectivity index (χ0) is 14.0. The van der Waals surface area contributed by atoms with Crippen LogP contribution in [0.3, 0.4) is 0 Å². The standard InChI is InChI=1S/C9H14N4O5S/c1-2-17-6-4-13-8(18-5-6)7(3-11-13)19(15,16)12-9(10)14/h3,6H,2,4-5H2,1H3,(H3,10,12,14)/t6-/m0/s1. The van der Waals surface area contributed by atoms with Gasteiger partial charge in [0.1, 0.15) is 12.7 Å². The average molecular weight is 290 g/mol. The zero-order valence-electron chi connectivity index (χ0n) is 10.2. The van der Waals surface area contributed by atoms with Crippen molar-refractivity contribution in [2.75, 3.05) is 13.2 Å². The van der Waals surface area contributed by atoms with E-state index < -0.39 is 16.1 Å². The van der Waals surface area contributed by atoms with E-state index in [9.17, 15) is 13.2 Å². The Morgan fingerprint density at radius 3 is 3.11 bits per heavy atom. The number of hydrogen-bond acceptors (Lipinski definition) is 6. The van der Waals surface area contributed by atoms with Crippen molar-refractivity contribution >= 4 is 16.1 Å². The molecule has 0 saturated heterocycles. The van der Waals surface area contributed by atoms with Crippen LogP contribution in [0.5, 0.6) is 5.88 Å². The molecule has 9 nitrogen and oxygen atoms in total. The highest BCUT2D eigenvalue weighted by atomic mass is 32.2. The number of fused-ring (bicyclic) bond motifs is 1. The van der Waals surface area contributed by atoms with Gasteiger partial charge in [-0.3, -0.25) is 0 Å². The third-order valence-corrected chi connectivity index (χ3v) is 3.80. The number of aromatic nitrogens is 2. The highest BCUT2D eigenvalue weighted by Crippen LogP contribution is 2.27. The Bertz CT molecular complexity index is 581. The first kappa shape index (κ1) is 13.6. The number of sulfonamides is 1. The maximum atomic E-state index is 11.8. The summed E-state index contributed by atoms with van der Waals surface area (Å²) in [6.07, 6.45) is 0.923. The molecule has 2 heterocycles. The van der Waals surface area contributed by atoms with E-state index in [4.69, 9.17) is 15.2 Å². The smallest absolute Gasteiger partial charge is 0.326 e. The molecular formula is C9H14N4O5S. The van der Waals surface area contributed by atoms with Crippen molar-refractivity contribution < 1.29 is 22.7 Å². The van der Waals surface area contributed by atoms with Gasteiger partial charge in [-0.15, -0.1) is 0 Å². The summed E-state index contributed by atoms with van der Waals surface area (Å²) >= 11 is 0. The number of rotatable bonds is 4. The highest BCUT2D eigenvalue weighted by Gasteiger charge is 2.30. The molecule has 10 heteroatoms. The van der Waals surface area contributed by atoms with Gasteiger partial charge in [-0.1, -0.05) is 0 Å². The number of urea groups is 1. The molecule has 3 N–H and O–H groups in total. The van der Waals surface area contributed by atoms with Crippen molar-refractivity contribution in [1.29, 1.82) is 0 Å². The summed E-state index contributed by atoms with van der Waals surface area (Å²) in [6, 6.07) is -1.16. The molecule has 0 aliphatic carbocycles. The number of nitrogens with zero attached hydrogens (tertiary/aromatic N) is 2. The van der Waals surface area contributed by atoms with Crippen LogP contribution in [0, 0.1) is 0 Å². The largest absolute Gasteiger partial charge is 0.474 e. The number of nitrogens with one attached hydrogen (secondary N) is 1. The molecule has 0 spiro atoms. The van der Waals surface area contributed by atoms with Gasteiger partial charge in [0.15, 0.2) is 4.90 Å². The Labute approximate surface area is 109 Å². The minimum Gasteiger partial charge on any atom is -0.474 e. The van der Waals surface area contributed by atoms with E-state index in [2.05, 4.69) is 5.10 Å². The molecule has 1 atom stereocenters. The number of carbonyl (C=O) groups excluding carboxylic acids is 1. The quantitative estimate of drug-likeness (QED) is 0.735. The molecular weight excluding hydrogens is 276 g/mol. The van der Waals surface area contributed by atoms with Gasteiger partial charge in [0.05, 0.1) is 12.7 Å². The Hall–Kier alpha value is -1.81. The lowest BCUT2D eigenvalue weighted by Crippen LogP contribution is -2.36. The fraction of sp³-hybridized carbons (Fsp3) is 0.556. The van der Waals surface area contributed by atoms with Crippen molar-refractivity contribution in [3.8, 4) is 5.88 Å². The van der Waals surface area contributed by atoms with Gasteiger partial charge in [0.2, 0.25) is 5.88 Å². The van der Waals surface area contributed by atoms with Crippen LogP contribution in [0.25, 0.3) is 0 Å². The number of ether oxygens (including phenoxy) is 2. The molecule has 0 aromatic carbocycles. The molecule has 0 unspecified atom stereocenters. The Morgan fingerprint density at radius 2 is 2.47 bits per heavy atom. The molecule has 2 rings (SSSR count).